The van der Waals surface area contributed by atoms with E-state index in [1.807, 2.05) is 25.7 Å². The Morgan fingerprint density at radius 3 is 2.50 bits per heavy atom. The number of ether oxygens (including phenoxy) is 1. The highest BCUT2D eigenvalue weighted by atomic mass is 16.6. The van der Waals surface area contributed by atoms with Crippen molar-refractivity contribution < 1.29 is 9.53 Å². The van der Waals surface area contributed by atoms with Gasteiger partial charge in [-0.25, -0.2) is 4.79 Å². The summed E-state index contributed by atoms with van der Waals surface area (Å²) < 4.78 is 5.46. The van der Waals surface area contributed by atoms with Crippen LogP contribution in [0.5, 0.6) is 0 Å². The van der Waals surface area contributed by atoms with E-state index in [0.29, 0.717) is 18.0 Å². The van der Waals surface area contributed by atoms with Gasteiger partial charge in [-0.2, -0.15) is 0 Å². The van der Waals surface area contributed by atoms with Gasteiger partial charge in [0.05, 0.1) is 0 Å². The fourth-order valence-electron chi connectivity index (χ4n) is 2.93. The van der Waals surface area contributed by atoms with Gasteiger partial charge in [-0.3, -0.25) is 0 Å². The molecule has 0 aromatic carbocycles. The van der Waals surface area contributed by atoms with Gasteiger partial charge >= 0.3 is 6.09 Å². The second-order valence-electron chi connectivity index (χ2n) is 8.17. The maximum atomic E-state index is 12.1. The van der Waals surface area contributed by atoms with Gasteiger partial charge in [0.15, 0.2) is 0 Å². The lowest BCUT2D eigenvalue weighted by Crippen LogP contribution is -2.46. The smallest absolute Gasteiger partial charge is 0.410 e. The van der Waals surface area contributed by atoms with E-state index in [9.17, 15) is 4.79 Å². The number of likely N-dealkylation sites (N-methyl/N-ethyl adjacent to an activating group) is 1. The molecule has 0 aliphatic carbocycles. The van der Waals surface area contributed by atoms with Crippen molar-refractivity contribution in [3.63, 3.8) is 0 Å². The Kier molecular flexibility index (Phi) is 7.13. The SMILES string of the molecule is CC(C)CC(CN(C)C)NC1CCN(C(=O)OC(C)(C)C)C1. The fourth-order valence-corrected chi connectivity index (χ4v) is 2.93. The standard InChI is InChI=1S/C17H35N3O2/c1-13(2)10-15(11-19(6)7)18-14-8-9-20(12-14)16(21)22-17(3,4)5/h13-15,18H,8-12H2,1-7H3. The van der Waals surface area contributed by atoms with Crippen LogP contribution in [-0.4, -0.2) is 67.3 Å². The molecular formula is C17H35N3O2. The fraction of sp³-hybridized carbons (Fsp3) is 0.941. The number of carbonyl (C=O) groups excluding carboxylic acids is 1. The monoisotopic (exact) mass is 313 g/mol. The number of hydrogen-bond acceptors (Lipinski definition) is 4. The Labute approximate surface area is 136 Å². The first-order valence-corrected chi connectivity index (χ1v) is 8.45. The number of amides is 1. The predicted molar refractivity (Wildman–Crippen MR) is 91.1 cm³/mol. The number of hydrogen-bond donors (Lipinski definition) is 1. The van der Waals surface area contributed by atoms with Crippen molar-refractivity contribution in [3.8, 4) is 0 Å². The zero-order valence-electron chi connectivity index (χ0n) is 15.5. The molecule has 1 rings (SSSR count). The number of rotatable bonds is 6. The largest absolute Gasteiger partial charge is 0.444 e. The predicted octanol–water partition coefficient (Wildman–Crippen LogP) is 2.56. The van der Waals surface area contributed by atoms with Gasteiger partial charge in [-0.15, -0.1) is 0 Å². The van der Waals surface area contributed by atoms with Gasteiger partial charge in [0.2, 0.25) is 0 Å². The molecule has 0 radical (unpaired) electrons. The molecule has 22 heavy (non-hydrogen) atoms. The first-order valence-electron chi connectivity index (χ1n) is 8.45. The van der Waals surface area contributed by atoms with Crippen molar-refractivity contribution in [1.82, 2.24) is 15.1 Å². The average Bonchev–Trinajstić information content (AvgIpc) is 2.73. The highest BCUT2D eigenvalue weighted by Gasteiger charge is 2.30. The van der Waals surface area contributed by atoms with Gasteiger partial charge in [0.25, 0.3) is 0 Å². The van der Waals surface area contributed by atoms with Crippen LogP contribution in [0.15, 0.2) is 0 Å². The highest BCUT2D eigenvalue weighted by molar-refractivity contribution is 5.68. The zero-order valence-corrected chi connectivity index (χ0v) is 15.5. The molecule has 5 heteroatoms. The van der Waals surface area contributed by atoms with Crippen molar-refractivity contribution in [2.24, 2.45) is 5.92 Å². The third-order valence-electron chi connectivity index (χ3n) is 3.65. The number of nitrogens with one attached hydrogen (secondary N) is 1. The molecule has 130 valence electrons. The summed E-state index contributed by atoms with van der Waals surface area (Å²) in [6.45, 7) is 12.8. The van der Waals surface area contributed by atoms with Crippen LogP contribution in [0.25, 0.3) is 0 Å². The van der Waals surface area contributed by atoms with E-state index < -0.39 is 5.60 Å². The molecule has 2 unspecified atom stereocenters. The molecular weight excluding hydrogens is 278 g/mol. The summed E-state index contributed by atoms with van der Waals surface area (Å²) in [7, 11) is 4.22. The number of likely N-dealkylation sites (tertiary alicyclic amines) is 1. The molecule has 2 atom stereocenters. The van der Waals surface area contributed by atoms with E-state index in [2.05, 4.69) is 38.2 Å². The van der Waals surface area contributed by atoms with Crippen LogP contribution in [0.3, 0.4) is 0 Å². The maximum Gasteiger partial charge on any atom is 0.410 e. The van der Waals surface area contributed by atoms with Crippen LogP contribution < -0.4 is 5.32 Å². The van der Waals surface area contributed by atoms with Crippen LogP contribution in [0.1, 0.15) is 47.5 Å². The van der Waals surface area contributed by atoms with Crippen molar-refractivity contribution in [2.75, 3.05) is 33.7 Å². The summed E-state index contributed by atoms with van der Waals surface area (Å²) in [5, 5.41) is 3.74. The maximum absolute atomic E-state index is 12.1. The molecule has 0 spiro atoms. The van der Waals surface area contributed by atoms with Crippen LogP contribution in [0.4, 0.5) is 4.79 Å². The first kappa shape index (κ1) is 19.2. The lowest BCUT2D eigenvalue weighted by Gasteiger charge is -2.28. The van der Waals surface area contributed by atoms with E-state index in [1.54, 1.807) is 0 Å². The third kappa shape index (κ3) is 7.45. The molecule has 1 aliphatic rings. The van der Waals surface area contributed by atoms with Crippen molar-refractivity contribution in [3.05, 3.63) is 0 Å². The summed E-state index contributed by atoms with van der Waals surface area (Å²) >= 11 is 0. The second kappa shape index (κ2) is 8.16. The van der Waals surface area contributed by atoms with Crippen molar-refractivity contribution >= 4 is 6.09 Å². The minimum atomic E-state index is -0.423. The average molecular weight is 313 g/mol. The van der Waals surface area contributed by atoms with Gasteiger partial charge in [0.1, 0.15) is 5.60 Å². The lowest BCUT2D eigenvalue weighted by molar-refractivity contribution is 0.0290. The Morgan fingerprint density at radius 2 is 2.00 bits per heavy atom. The Balaban J connectivity index is 2.48. The molecule has 0 aromatic heterocycles. The Hall–Kier alpha value is -0.810. The quantitative estimate of drug-likeness (QED) is 0.818. The normalized spacial score (nSPS) is 20.8. The van der Waals surface area contributed by atoms with E-state index in [0.717, 1.165) is 32.5 Å². The highest BCUT2D eigenvalue weighted by Crippen LogP contribution is 2.16. The van der Waals surface area contributed by atoms with E-state index >= 15 is 0 Å². The van der Waals surface area contributed by atoms with Crippen LogP contribution in [0.2, 0.25) is 0 Å². The summed E-state index contributed by atoms with van der Waals surface area (Å²) in [6.07, 6.45) is 1.97. The minimum absolute atomic E-state index is 0.190. The van der Waals surface area contributed by atoms with Crippen LogP contribution in [0, 0.1) is 5.92 Å². The second-order valence-corrected chi connectivity index (χ2v) is 8.17. The van der Waals surface area contributed by atoms with Gasteiger partial charge in [-0.05, 0) is 53.6 Å². The molecule has 0 bridgehead atoms. The summed E-state index contributed by atoms with van der Waals surface area (Å²) in [5.41, 5.74) is -0.423. The molecule has 0 saturated carbocycles. The van der Waals surface area contributed by atoms with Crippen LogP contribution in [-0.2, 0) is 4.74 Å². The Bertz CT molecular complexity index is 340. The Morgan fingerprint density at radius 1 is 1.36 bits per heavy atom. The van der Waals surface area contributed by atoms with Crippen molar-refractivity contribution in [2.45, 2.75) is 65.1 Å². The minimum Gasteiger partial charge on any atom is -0.444 e. The molecule has 1 N–H and O–H groups in total. The number of nitrogens with zero attached hydrogens (tertiary/aromatic N) is 2. The van der Waals surface area contributed by atoms with E-state index in [-0.39, 0.29) is 6.09 Å². The van der Waals surface area contributed by atoms with Gasteiger partial charge in [0, 0.05) is 31.7 Å². The summed E-state index contributed by atoms with van der Waals surface area (Å²) in [5.74, 6) is 0.667. The molecule has 1 heterocycles. The number of carbonyl (C=O) groups is 1. The van der Waals surface area contributed by atoms with E-state index in [1.165, 1.54) is 0 Å². The van der Waals surface area contributed by atoms with Gasteiger partial charge in [-0.1, -0.05) is 13.8 Å². The molecule has 1 aliphatic heterocycles. The molecule has 1 amide bonds. The zero-order chi connectivity index (χ0) is 16.9. The molecule has 1 fully saturated rings. The molecule has 0 aromatic rings. The van der Waals surface area contributed by atoms with Crippen LogP contribution >= 0.6 is 0 Å². The van der Waals surface area contributed by atoms with E-state index in [4.69, 9.17) is 4.74 Å². The first-order chi connectivity index (χ1) is 10.1. The molecule has 1 saturated heterocycles. The van der Waals surface area contributed by atoms with Crippen molar-refractivity contribution in [1.29, 1.82) is 0 Å². The summed E-state index contributed by atoms with van der Waals surface area (Å²) in [4.78, 5) is 16.2. The third-order valence-corrected chi connectivity index (χ3v) is 3.65. The lowest BCUT2D eigenvalue weighted by atomic mass is 10.0. The summed E-state index contributed by atoms with van der Waals surface area (Å²) in [6, 6.07) is 0.842. The molecule has 5 nitrogen and oxygen atoms in total. The topological polar surface area (TPSA) is 44.8 Å². The van der Waals surface area contributed by atoms with Gasteiger partial charge < -0.3 is 19.9 Å².